The van der Waals surface area contributed by atoms with E-state index in [0.29, 0.717) is 22.9 Å². The summed E-state index contributed by atoms with van der Waals surface area (Å²) in [7, 11) is 3.96. The first kappa shape index (κ1) is 14.3. The van der Waals surface area contributed by atoms with Crippen LogP contribution in [0.1, 0.15) is 38.1 Å². The maximum atomic E-state index is 11.5. The molecule has 1 atom stereocenters. The van der Waals surface area contributed by atoms with Crippen LogP contribution < -0.4 is 5.32 Å². The largest absolute Gasteiger partial charge is 0.414 e. The van der Waals surface area contributed by atoms with Crippen molar-refractivity contribution in [2.24, 2.45) is 0 Å². The van der Waals surface area contributed by atoms with Crippen LogP contribution in [0.3, 0.4) is 0 Å². The van der Waals surface area contributed by atoms with Gasteiger partial charge in [-0.1, -0.05) is 18.7 Å². The van der Waals surface area contributed by atoms with Crippen LogP contribution >= 0.6 is 11.8 Å². The highest BCUT2D eigenvalue weighted by Gasteiger charge is 2.24. The maximum Gasteiger partial charge on any atom is 0.277 e. The Kier molecular flexibility index (Phi) is 4.81. The van der Waals surface area contributed by atoms with Gasteiger partial charge in [-0.05, 0) is 33.4 Å². The molecule has 1 amide bonds. The number of carbonyl (C=O) groups is 1. The van der Waals surface area contributed by atoms with Crippen molar-refractivity contribution in [3.63, 3.8) is 0 Å². The van der Waals surface area contributed by atoms with Crippen molar-refractivity contribution in [1.82, 2.24) is 20.4 Å². The molecule has 0 unspecified atom stereocenters. The number of nitrogens with one attached hydrogen (secondary N) is 1. The quantitative estimate of drug-likeness (QED) is 0.764. The van der Waals surface area contributed by atoms with Crippen LogP contribution in [0.15, 0.2) is 9.64 Å². The van der Waals surface area contributed by atoms with E-state index in [4.69, 9.17) is 4.42 Å². The number of aromatic nitrogens is 2. The summed E-state index contributed by atoms with van der Waals surface area (Å²) in [5.41, 5.74) is 0. The summed E-state index contributed by atoms with van der Waals surface area (Å²) in [6.07, 6.45) is 3.10. The van der Waals surface area contributed by atoms with Gasteiger partial charge >= 0.3 is 0 Å². The lowest BCUT2D eigenvalue weighted by molar-refractivity contribution is -0.118. The van der Waals surface area contributed by atoms with Gasteiger partial charge in [0.15, 0.2) is 0 Å². The normalized spacial score (nSPS) is 16.6. The molecule has 1 fully saturated rings. The summed E-state index contributed by atoms with van der Waals surface area (Å²) in [4.78, 5) is 13.6. The zero-order valence-electron chi connectivity index (χ0n) is 11.5. The van der Waals surface area contributed by atoms with Gasteiger partial charge < -0.3 is 9.73 Å². The number of amides is 1. The molecule has 19 heavy (non-hydrogen) atoms. The van der Waals surface area contributed by atoms with E-state index in [0.717, 1.165) is 19.3 Å². The number of thioether (sulfide) groups is 1. The monoisotopic (exact) mass is 284 g/mol. The van der Waals surface area contributed by atoms with Crippen LogP contribution in [0.2, 0.25) is 0 Å². The highest BCUT2D eigenvalue weighted by Crippen LogP contribution is 2.24. The second kappa shape index (κ2) is 6.38. The molecule has 1 aliphatic rings. The van der Waals surface area contributed by atoms with E-state index in [1.54, 1.807) is 0 Å². The van der Waals surface area contributed by atoms with Crippen LogP contribution in [0, 0.1) is 0 Å². The van der Waals surface area contributed by atoms with Crippen LogP contribution in [0.25, 0.3) is 0 Å². The van der Waals surface area contributed by atoms with E-state index in [-0.39, 0.29) is 11.9 Å². The number of nitrogens with zero attached hydrogens (tertiary/aromatic N) is 3. The molecule has 0 aliphatic heterocycles. The highest BCUT2D eigenvalue weighted by atomic mass is 32.2. The van der Waals surface area contributed by atoms with Crippen molar-refractivity contribution in [2.45, 2.75) is 43.5 Å². The topological polar surface area (TPSA) is 71.3 Å². The summed E-state index contributed by atoms with van der Waals surface area (Å²) in [6, 6.07) is 0.520. The summed E-state index contributed by atoms with van der Waals surface area (Å²) >= 11 is 1.29. The first-order chi connectivity index (χ1) is 9.10. The smallest absolute Gasteiger partial charge is 0.277 e. The minimum atomic E-state index is 0.0342. The van der Waals surface area contributed by atoms with Crippen molar-refractivity contribution in [3.8, 4) is 0 Å². The highest BCUT2D eigenvalue weighted by molar-refractivity contribution is 7.99. The Hall–Kier alpha value is -1.08. The summed E-state index contributed by atoms with van der Waals surface area (Å²) in [6.45, 7) is 2.07. The molecule has 0 radical (unpaired) electrons. The van der Waals surface area contributed by atoms with E-state index < -0.39 is 0 Å². The summed E-state index contributed by atoms with van der Waals surface area (Å²) < 4.78 is 5.59. The third-order valence-electron chi connectivity index (χ3n) is 2.99. The maximum absolute atomic E-state index is 11.5. The molecule has 0 saturated heterocycles. The van der Waals surface area contributed by atoms with Crippen molar-refractivity contribution >= 4 is 17.7 Å². The Balaban J connectivity index is 1.84. The lowest BCUT2D eigenvalue weighted by Gasteiger charge is -2.18. The number of hydrogen-bond donors (Lipinski definition) is 1. The number of rotatable bonds is 7. The Morgan fingerprint density at radius 3 is 2.84 bits per heavy atom. The molecule has 1 N–H and O–H groups in total. The average Bonchev–Trinajstić information content (AvgIpc) is 3.04. The molecular weight excluding hydrogens is 264 g/mol. The van der Waals surface area contributed by atoms with Crippen molar-refractivity contribution in [3.05, 3.63) is 5.89 Å². The van der Waals surface area contributed by atoms with Crippen LogP contribution in [-0.2, 0) is 4.79 Å². The van der Waals surface area contributed by atoms with E-state index in [1.165, 1.54) is 11.8 Å². The fourth-order valence-corrected chi connectivity index (χ4v) is 2.38. The summed E-state index contributed by atoms with van der Waals surface area (Å²) in [5, 5.41) is 11.4. The SMILES string of the molecule is CC[C@@H](c1nnc(SCC(=O)NC2CC2)o1)N(C)C. The number of carbonyl (C=O) groups excluding carboxylic acids is 1. The van der Waals surface area contributed by atoms with E-state index >= 15 is 0 Å². The molecule has 6 nitrogen and oxygen atoms in total. The van der Waals surface area contributed by atoms with Crippen LogP contribution in [0.4, 0.5) is 0 Å². The predicted molar refractivity (Wildman–Crippen MR) is 72.9 cm³/mol. The standard InChI is InChI=1S/C12H20N4O2S/c1-4-9(16(2)3)11-14-15-12(18-11)19-7-10(17)13-8-5-6-8/h8-9H,4-7H2,1-3H3,(H,13,17)/t9-/m0/s1. The molecule has 106 valence electrons. The van der Waals surface area contributed by atoms with E-state index in [9.17, 15) is 4.79 Å². The fourth-order valence-electron chi connectivity index (χ4n) is 1.80. The van der Waals surface area contributed by atoms with Gasteiger partial charge in [-0.15, -0.1) is 10.2 Å². The molecule has 1 aromatic heterocycles. The third kappa shape index (κ3) is 4.21. The molecular formula is C12H20N4O2S. The van der Waals surface area contributed by atoms with Gasteiger partial charge in [-0.25, -0.2) is 0 Å². The first-order valence-corrected chi connectivity index (χ1v) is 7.50. The first-order valence-electron chi connectivity index (χ1n) is 6.52. The molecule has 1 aliphatic carbocycles. The molecule has 1 aromatic rings. The van der Waals surface area contributed by atoms with Gasteiger partial charge in [0.25, 0.3) is 5.22 Å². The van der Waals surface area contributed by atoms with E-state index in [2.05, 4.69) is 22.4 Å². The van der Waals surface area contributed by atoms with Crippen molar-refractivity contribution in [2.75, 3.05) is 19.8 Å². The fraction of sp³-hybridized carbons (Fsp3) is 0.750. The lowest BCUT2D eigenvalue weighted by Crippen LogP contribution is -2.26. The van der Waals surface area contributed by atoms with E-state index in [1.807, 2.05) is 19.0 Å². The average molecular weight is 284 g/mol. The van der Waals surface area contributed by atoms with Gasteiger partial charge in [0.05, 0.1) is 11.8 Å². The predicted octanol–water partition coefficient (Wildman–Crippen LogP) is 1.45. The second-order valence-electron chi connectivity index (χ2n) is 4.92. The van der Waals surface area contributed by atoms with Gasteiger partial charge in [0.2, 0.25) is 11.8 Å². The molecule has 2 rings (SSSR count). The zero-order valence-corrected chi connectivity index (χ0v) is 12.4. The number of hydrogen-bond acceptors (Lipinski definition) is 6. The molecule has 0 aromatic carbocycles. The minimum absolute atomic E-state index is 0.0342. The van der Waals surface area contributed by atoms with Crippen molar-refractivity contribution < 1.29 is 9.21 Å². The van der Waals surface area contributed by atoms with Gasteiger partial charge in [0, 0.05) is 6.04 Å². The Bertz CT molecular complexity index is 431. The second-order valence-corrected chi connectivity index (χ2v) is 5.85. The Morgan fingerprint density at radius 1 is 1.53 bits per heavy atom. The molecule has 1 heterocycles. The molecule has 0 bridgehead atoms. The van der Waals surface area contributed by atoms with Gasteiger partial charge in [0.1, 0.15) is 0 Å². The molecule has 0 spiro atoms. The summed E-state index contributed by atoms with van der Waals surface area (Å²) in [5.74, 6) is 0.973. The molecule has 1 saturated carbocycles. The third-order valence-corrected chi connectivity index (χ3v) is 3.80. The molecule has 7 heteroatoms. The Labute approximate surface area is 117 Å². The van der Waals surface area contributed by atoms with Gasteiger partial charge in [-0.3, -0.25) is 9.69 Å². The van der Waals surface area contributed by atoms with Crippen molar-refractivity contribution in [1.29, 1.82) is 0 Å². The zero-order chi connectivity index (χ0) is 13.8. The van der Waals surface area contributed by atoms with Gasteiger partial charge in [-0.2, -0.15) is 0 Å². The Morgan fingerprint density at radius 2 is 2.26 bits per heavy atom. The minimum Gasteiger partial charge on any atom is -0.414 e. The lowest BCUT2D eigenvalue weighted by atomic mass is 10.2. The van der Waals surface area contributed by atoms with Crippen LogP contribution in [-0.4, -0.2) is 46.9 Å². The van der Waals surface area contributed by atoms with Crippen LogP contribution in [0.5, 0.6) is 0 Å².